The Morgan fingerprint density at radius 3 is 1.50 bits per heavy atom. The Labute approximate surface area is 606 Å². The molecule has 3 saturated heterocycles. The van der Waals surface area contributed by atoms with Crippen molar-refractivity contribution in [3.05, 3.63) is 88.9 Å². The van der Waals surface area contributed by atoms with Crippen LogP contribution >= 0.6 is 11.6 Å². The van der Waals surface area contributed by atoms with Crippen LogP contribution in [0.3, 0.4) is 0 Å². The number of halogens is 4. The molecule has 0 bridgehead atoms. The van der Waals surface area contributed by atoms with Crippen LogP contribution in [0.1, 0.15) is 251 Å². The van der Waals surface area contributed by atoms with Crippen molar-refractivity contribution in [2.75, 3.05) is 50.8 Å². The van der Waals surface area contributed by atoms with Gasteiger partial charge in [-0.05, 0) is 168 Å². The predicted octanol–water partition coefficient (Wildman–Crippen LogP) is 11.1. The number of ketones is 3. The second-order valence-corrected chi connectivity index (χ2v) is 32.3. The Hall–Kier alpha value is -7.25. The molecular formula is C74H98ClF3N10O14S. The number of alkyl halides is 3. The van der Waals surface area contributed by atoms with Gasteiger partial charge >= 0.3 is 15.6 Å². The van der Waals surface area contributed by atoms with Crippen molar-refractivity contribution in [2.45, 2.75) is 257 Å². The van der Waals surface area contributed by atoms with Crippen molar-refractivity contribution in [1.82, 2.24) is 20.3 Å². The Balaban J connectivity index is 0.000000176. The molecule has 1 unspecified atom stereocenters. The second-order valence-electron chi connectivity index (χ2n) is 30.4. The number of fused-ring (bicyclic) bond motifs is 3. The summed E-state index contributed by atoms with van der Waals surface area (Å²) in [4.78, 5) is 82.5. The van der Waals surface area contributed by atoms with Crippen molar-refractivity contribution in [1.29, 1.82) is 15.8 Å². The largest absolute Gasteiger partial charge is 0.534 e. The van der Waals surface area contributed by atoms with Crippen LogP contribution in [0.2, 0.25) is 0 Å². The molecule has 3 aromatic rings. The number of hydrogen-bond donors (Lipinski definition) is 3. The first kappa shape index (κ1) is 83.0. The number of aromatic amines is 1. The van der Waals surface area contributed by atoms with Gasteiger partial charge in [0.25, 0.3) is 23.9 Å². The minimum Gasteiger partial charge on any atom is -0.375 e. The number of rotatable bonds is 10. The molecule has 29 heteroatoms. The highest BCUT2D eigenvalue weighted by Gasteiger charge is 2.50. The average Bonchev–Trinajstić information content (AvgIpc) is 1.72. The second kappa shape index (κ2) is 34.3. The van der Waals surface area contributed by atoms with Gasteiger partial charge in [-0.15, -0.1) is 0 Å². The van der Waals surface area contributed by atoms with Crippen LogP contribution in [0.25, 0.3) is 4.85 Å². The third-order valence-electron chi connectivity index (χ3n) is 18.7. The molecule has 9 heterocycles. The van der Waals surface area contributed by atoms with Crippen molar-refractivity contribution in [2.24, 2.45) is 23.5 Å². The number of aromatic nitrogens is 3. The van der Waals surface area contributed by atoms with E-state index in [1.807, 2.05) is 61.5 Å². The summed E-state index contributed by atoms with van der Waals surface area (Å²) in [5.41, 5.74) is 5.84. The van der Waals surface area contributed by atoms with Gasteiger partial charge in [-0.3, -0.25) is 28.8 Å². The highest BCUT2D eigenvalue weighted by Crippen LogP contribution is 2.49. The zero-order valence-electron chi connectivity index (χ0n) is 61.2. The molecule has 562 valence electrons. The number of nitrogens with two attached hydrogens (primary N) is 1. The first-order valence-corrected chi connectivity index (χ1v) is 37.2. The van der Waals surface area contributed by atoms with Gasteiger partial charge in [-0.1, -0.05) is 13.8 Å². The lowest BCUT2D eigenvalue weighted by Crippen LogP contribution is -2.44. The maximum atomic E-state index is 12.6. The lowest BCUT2D eigenvalue weighted by atomic mass is 9.86. The van der Waals surface area contributed by atoms with E-state index in [2.05, 4.69) is 54.9 Å². The number of hydrogen-bond acceptors (Lipinski definition) is 21. The summed E-state index contributed by atoms with van der Waals surface area (Å²) in [5, 5.41) is 31.6. The van der Waals surface area contributed by atoms with E-state index in [4.69, 9.17) is 46.8 Å². The van der Waals surface area contributed by atoms with E-state index >= 15 is 0 Å². The van der Waals surface area contributed by atoms with E-state index in [0.29, 0.717) is 86.6 Å². The van der Waals surface area contributed by atoms with Crippen LogP contribution in [0.5, 0.6) is 5.88 Å². The topological polar surface area (TPSA) is 351 Å². The lowest BCUT2D eigenvalue weighted by molar-refractivity contribution is -0.152. The molecule has 0 aromatic carbocycles. The first-order valence-electron chi connectivity index (χ1n) is 35.4. The number of carbonyl (C=O) groups is 5. The molecule has 24 nitrogen and oxygen atoms in total. The summed E-state index contributed by atoms with van der Waals surface area (Å²) in [7, 11) is -5.91. The van der Waals surface area contributed by atoms with Crippen LogP contribution in [0, 0.1) is 58.3 Å². The number of nitrogens with one attached hydrogen (secondary N) is 2. The fraction of sp³-hybridized carbons (Fsp3) is 0.676. The normalized spacial score (nSPS) is 21.9. The van der Waals surface area contributed by atoms with Gasteiger partial charge in [0.1, 0.15) is 52.5 Å². The number of H-pyrrole nitrogens is 1. The molecular weight excluding hydrogens is 1380 g/mol. The summed E-state index contributed by atoms with van der Waals surface area (Å²) < 4.78 is 93.2. The van der Waals surface area contributed by atoms with E-state index in [-0.39, 0.29) is 93.2 Å². The molecule has 5 aliphatic carbocycles. The van der Waals surface area contributed by atoms with E-state index in [1.54, 1.807) is 19.9 Å². The van der Waals surface area contributed by atoms with E-state index in [0.717, 1.165) is 112 Å². The number of Topliss-reactive ketones (excluding diaryl/α,β-unsaturated/α-hetero) is 3. The van der Waals surface area contributed by atoms with E-state index in [1.165, 1.54) is 29.7 Å². The molecule has 0 spiro atoms. The smallest absolute Gasteiger partial charge is 0.375 e. The molecule has 14 rings (SSSR count). The molecule has 1 atom stereocenters. The fourth-order valence-electron chi connectivity index (χ4n) is 12.5. The number of primary amides is 1. The number of nitrogens with zero attached hydrogens (tertiary/aromatic N) is 7. The van der Waals surface area contributed by atoms with Gasteiger partial charge in [0.15, 0.2) is 0 Å². The van der Waals surface area contributed by atoms with Crippen molar-refractivity contribution >= 4 is 56.0 Å². The van der Waals surface area contributed by atoms with Crippen LogP contribution in [-0.2, 0) is 96.9 Å². The number of pyridine rings is 3. The first-order chi connectivity index (χ1) is 48.2. The highest BCUT2D eigenvalue weighted by atomic mass is 35.5. The summed E-state index contributed by atoms with van der Waals surface area (Å²) >= 11 is 5.04. The van der Waals surface area contributed by atoms with Crippen LogP contribution in [0.15, 0.2) is 4.79 Å². The minimum absolute atomic E-state index is 0.0160. The van der Waals surface area contributed by atoms with Gasteiger partial charge in [0, 0.05) is 111 Å². The summed E-state index contributed by atoms with van der Waals surface area (Å²) in [6.07, 6.45) is 13.5. The Morgan fingerprint density at radius 1 is 0.650 bits per heavy atom. The maximum Gasteiger partial charge on any atom is 0.534 e. The molecule has 5 saturated carbocycles. The van der Waals surface area contributed by atoms with Gasteiger partial charge in [0.2, 0.25) is 5.24 Å². The van der Waals surface area contributed by atoms with Crippen LogP contribution < -0.4 is 25.7 Å². The number of ether oxygens (including phenoxy) is 5. The monoisotopic (exact) mass is 1470 g/mol. The van der Waals surface area contributed by atoms with Crippen LogP contribution in [0.4, 0.5) is 19.0 Å². The van der Waals surface area contributed by atoms with Gasteiger partial charge < -0.3 is 53.6 Å². The van der Waals surface area contributed by atoms with Crippen molar-refractivity contribution in [3.63, 3.8) is 0 Å². The third-order valence-corrected chi connectivity index (χ3v) is 19.9. The fourth-order valence-corrected chi connectivity index (χ4v) is 13.1. The van der Waals surface area contributed by atoms with E-state index in [9.17, 15) is 66.1 Å². The number of anilines is 1. The molecule has 6 aliphatic heterocycles. The summed E-state index contributed by atoms with van der Waals surface area (Å²) in [5.74, 6) is 1.02. The number of nitriles is 3. The molecule has 103 heavy (non-hydrogen) atoms. The van der Waals surface area contributed by atoms with Crippen molar-refractivity contribution < 1.29 is 73.4 Å². The third kappa shape index (κ3) is 23.4. The zero-order chi connectivity index (χ0) is 76.4. The number of piperazine rings is 1. The molecule has 1 amide bonds. The molecule has 4 N–H and O–H groups in total. The lowest BCUT2D eigenvalue weighted by Gasteiger charge is -2.36. The maximum absolute atomic E-state index is 12.6. The van der Waals surface area contributed by atoms with Gasteiger partial charge in [-0.25, -0.2) is 16.5 Å². The predicted molar refractivity (Wildman–Crippen MR) is 375 cm³/mol. The quantitative estimate of drug-likeness (QED) is 0.0558. The standard InChI is InChI=1S/C18H24N4O.C15H15F3N2O4S.C14H16N2O2.C11H16O3.C7H12O2.C4H5ClO.C3H4N2O.C2H6/c1-18(2)9-13-14(10-19)17(22-7-5-20-6-8-22)21-16(12-3-4-12)15(13)11-23-18;1-14(2)5-9-10(6-19)13(24-25(21,22)15(16,17)18)20-12(8-3-4-8)11(9)7-23-14;1-14(2)5-9-10(6-15)13(17)16-12(8-3-4-8)11(9)7-18-14;1-11(2)5-9(12)8(6-14-11)10(13)7-3-4-7;1-7(2)5-6(8)3-4-9-7;5-4(6)3-1-2-3;1-5-2-3(4)6;1-2/h12,20H,3-9,11H2,1-2H3;8H,3-5,7H2,1-2H3;8H,3-5,7H2,1-2H3,(H,16,17);7-8H,3-6H2,1-2H3;3-5H2,1-2H3;3H,1-2H2;2H2,(H2,4,6);1-2H3. The highest BCUT2D eigenvalue weighted by molar-refractivity contribution is 7.88. The Kier molecular flexibility index (Phi) is 27.7. The number of amides is 1. The molecule has 3 aromatic heterocycles. The Bertz CT molecular complexity index is 4010. The van der Waals surface area contributed by atoms with Gasteiger partial charge in [-0.2, -0.15) is 37.4 Å². The average molecular weight is 1480 g/mol. The van der Waals surface area contributed by atoms with E-state index < -0.39 is 38.9 Å². The molecule has 8 fully saturated rings. The zero-order valence-corrected chi connectivity index (χ0v) is 62.8. The number of carbonyl (C=O) groups excluding carboxylic acids is 5. The Morgan fingerprint density at radius 2 is 1.11 bits per heavy atom. The molecule has 11 aliphatic rings. The SMILES string of the molecule is CC.CC1(C)CC(=O)C(C(=O)C2CC2)CO1.CC1(C)CC(=O)CCO1.CC1(C)Cc2c(C#N)c(N3CCNCC3)nc(C3CC3)c2CO1.CC1(C)Cc2c(C#N)c(OS(=O)(=O)C(F)(F)F)nc(C3CC3)c2CO1.CC1(C)Cc2c(c(C3CC3)[nH]c(=O)c2C#N)CO1.O=C(Cl)C1CC1.[C-]#[N+]CC(N)=O. The minimum atomic E-state index is -5.91. The summed E-state index contributed by atoms with van der Waals surface area (Å²) in [6.45, 7) is 35.2. The molecule has 0 radical (unpaired) electrons. The van der Waals surface area contributed by atoms with Crippen LogP contribution in [-0.4, -0.2) is 131 Å². The summed E-state index contributed by atoms with van der Waals surface area (Å²) in [6, 6.07) is 6.26. The van der Waals surface area contributed by atoms with Gasteiger partial charge in [0.05, 0.1) is 83.9 Å². The van der Waals surface area contributed by atoms with Crippen molar-refractivity contribution in [3.8, 4) is 24.1 Å².